The third-order valence-corrected chi connectivity index (χ3v) is 5.03. The lowest BCUT2D eigenvalue weighted by atomic mass is 10.1. The zero-order valence-corrected chi connectivity index (χ0v) is 16.0. The second-order valence-electron chi connectivity index (χ2n) is 6.46. The number of hydrogen-bond acceptors (Lipinski definition) is 4. The molecule has 0 radical (unpaired) electrons. The van der Waals surface area contributed by atoms with E-state index in [1.165, 1.54) is 7.11 Å². The summed E-state index contributed by atoms with van der Waals surface area (Å²) in [7, 11) is 1.50. The molecule has 142 valence electrons. The fourth-order valence-corrected chi connectivity index (χ4v) is 3.26. The molecule has 27 heavy (non-hydrogen) atoms. The van der Waals surface area contributed by atoms with Gasteiger partial charge in [0.25, 0.3) is 0 Å². The number of piperazine rings is 1. The Balaban J connectivity index is 1.53. The highest BCUT2D eigenvalue weighted by Gasteiger charge is 2.20. The Kier molecular flexibility index (Phi) is 6.37. The van der Waals surface area contributed by atoms with Gasteiger partial charge >= 0.3 is 0 Å². The van der Waals surface area contributed by atoms with Gasteiger partial charge in [-0.3, -0.25) is 9.69 Å². The van der Waals surface area contributed by atoms with Crippen LogP contribution in [0.15, 0.2) is 48.5 Å². The molecule has 1 aliphatic heterocycles. The maximum Gasteiger partial charge on any atom is 0.246 e. The van der Waals surface area contributed by atoms with Crippen molar-refractivity contribution in [1.82, 2.24) is 9.80 Å². The van der Waals surface area contributed by atoms with E-state index in [1.807, 2.05) is 29.2 Å². The summed E-state index contributed by atoms with van der Waals surface area (Å²) in [6.07, 6.45) is 3.30. The molecule has 0 aromatic heterocycles. The molecule has 1 N–H and O–H groups in total. The van der Waals surface area contributed by atoms with Crippen LogP contribution in [0.5, 0.6) is 11.5 Å². The number of ether oxygens (including phenoxy) is 1. The van der Waals surface area contributed by atoms with E-state index in [4.69, 9.17) is 16.3 Å². The molecule has 6 heteroatoms. The highest BCUT2D eigenvalue weighted by atomic mass is 35.5. The van der Waals surface area contributed by atoms with Gasteiger partial charge in [-0.2, -0.15) is 0 Å². The molecular weight excluding hydrogens is 364 g/mol. The van der Waals surface area contributed by atoms with Gasteiger partial charge in [-0.25, -0.2) is 0 Å². The molecule has 2 aromatic carbocycles. The second kappa shape index (κ2) is 8.93. The number of aromatic hydroxyl groups is 1. The van der Waals surface area contributed by atoms with E-state index in [-0.39, 0.29) is 11.7 Å². The van der Waals surface area contributed by atoms with Crippen LogP contribution >= 0.6 is 11.6 Å². The number of phenols is 1. The second-order valence-corrected chi connectivity index (χ2v) is 6.86. The summed E-state index contributed by atoms with van der Waals surface area (Å²) in [5.74, 6) is 0.452. The van der Waals surface area contributed by atoms with Crippen LogP contribution < -0.4 is 4.74 Å². The van der Waals surface area contributed by atoms with Gasteiger partial charge in [0.1, 0.15) is 0 Å². The maximum absolute atomic E-state index is 12.4. The van der Waals surface area contributed by atoms with Crippen molar-refractivity contribution in [3.05, 3.63) is 64.7 Å². The zero-order chi connectivity index (χ0) is 19.2. The highest BCUT2D eigenvalue weighted by molar-refractivity contribution is 6.31. The average Bonchev–Trinajstić information content (AvgIpc) is 2.69. The smallest absolute Gasteiger partial charge is 0.246 e. The lowest BCUT2D eigenvalue weighted by Crippen LogP contribution is -2.47. The Bertz CT molecular complexity index is 830. The van der Waals surface area contributed by atoms with Crippen LogP contribution in [0.3, 0.4) is 0 Å². The van der Waals surface area contributed by atoms with Crippen LogP contribution in [0.1, 0.15) is 11.1 Å². The number of benzene rings is 2. The van der Waals surface area contributed by atoms with Gasteiger partial charge in [-0.1, -0.05) is 35.9 Å². The minimum atomic E-state index is -0.0144. The minimum Gasteiger partial charge on any atom is -0.504 e. The van der Waals surface area contributed by atoms with E-state index in [1.54, 1.807) is 30.4 Å². The molecule has 1 amide bonds. The van der Waals surface area contributed by atoms with Gasteiger partial charge in [0.05, 0.1) is 7.11 Å². The van der Waals surface area contributed by atoms with Crippen LogP contribution in [-0.2, 0) is 11.3 Å². The first-order valence-electron chi connectivity index (χ1n) is 8.86. The summed E-state index contributed by atoms with van der Waals surface area (Å²) in [6.45, 7) is 3.81. The monoisotopic (exact) mass is 386 g/mol. The fraction of sp³-hybridized carbons (Fsp3) is 0.286. The molecule has 1 heterocycles. The van der Waals surface area contributed by atoms with E-state index >= 15 is 0 Å². The molecule has 1 fully saturated rings. The predicted molar refractivity (Wildman–Crippen MR) is 107 cm³/mol. The first kappa shape index (κ1) is 19.3. The maximum atomic E-state index is 12.4. The average molecular weight is 387 g/mol. The highest BCUT2D eigenvalue weighted by Crippen LogP contribution is 2.26. The van der Waals surface area contributed by atoms with Gasteiger partial charge in [-0.05, 0) is 35.4 Å². The minimum absolute atomic E-state index is 0.0144. The summed E-state index contributed by atoms with van der Waals surface area (Å²) < 4.78 is 5.08. The predicted octanol–water partition coefficient (Wildman–Crippen LogP) is 3.41. The summed E-state index contributed by atoms with van der Waals surface area (Å²) in [4.78, 5) is 16.6. The van der Waals surface area contributed by atoms with Gasteiger partial charge in [0.15, 0.2) is 11.5 Å². The number of methoxy groups -OCH3 is 1. The Morgan fingerprint density at radius 1 is 1.19 bits per heavy atom. The van der Waals surface area contributed by atoms with Gasteiger partial charge in [0, 0.05) is 43.8 Å². The Morgan fingerprint density at radius 2 is 1.93 bits per heavy atom. The summed E-state index contributed by atoms with van der Waals surface area (Å²) in [5, 5.41) is 10.4. The van der Waals surface area contributed by atoms with Gasteiger partial charge in [-0.15, -0.1) is 0 Å². The number of carbonyl (C=O) groups is 1. The van der Waals surface area contributed by atoms with Gasteiger partial charge < -0.3 is 14.7 Å². The molecule has 3 rings (SSSR count). The van der Waals surface area contributed by atoms with Crippen molar-refractivity contribution in [1.29, 1.82) is 0 Å². The molecule has 2 aromatic rings. The fourth-order valence-electron chi connectivity index (χ4n) is 3.06. The third kappa shape index (κ3) is 5.02. The Labute approximate surface area is 164 Å². The molecule has 0 saturated carbocycles. The van der Waals surface area contributed by atoms with E-state index in [9.17, 15) is 9.90 Å². The number of nitrogens with zero attached hydrogens (tertiary/aromatic N) is 2. The number of carbonyl (C=O) groups excluding carboxylic acids is 1. The van der Waals surface area contributed by atoms with E-state index < -0.39 is 0 Å². The first-order valence-corrected chi connectivity index (χ1v) is 9.24. The Hall–Kier alpha value is -2.50. The number of hydrogen-bond donors (Lipinski definition) is 1. The van der Waals surface area contributed by atoms with Crippen LogP contribution in [0.4, 0.5) is 0 Å². The molecular formula is C21H23ClN2O3. The molecule has 5 nitrogen and oxygen atoms in total. The van der Waals surface area contributed by atoms with Crippen molar-refractivity contribution in [3.8, 4) is 11.5 Å². The van der Waals surface area contributed by atoms with Crippen LogP contribution in [0, 0.1) is 0 Å². The largest absolute Gasteiger partial charge is 0.504 e. The molecule has 0 aliphatic carbocycles. The van der Waals surface area contributed by atoms with Crippen molar-refractivity contribution >= 4 is 23.6 Å². The third-order valence-electron chi connectivity index (χ3n) is 4.66. The van der Waals surface area contributed by atoms with Crippen molar-refractivity contribution in [2.45, 2.75) is 6.54 Å². The lowest BCUT2D eigenvalue weighted by Gasteiger charge is -2.34. The molecule has 0 atom stereocenters. The summed E-state index contributed by atoms with van der Waals surface area (Å²) in [5.41, 5.74) is 1.91. The Morgan fingerprint density at radius 3 is 2.63 bits per heavy atom. The van der Waals surface area contributed by atoms with E-state index in [0.29, 0.717) is 18.8 Å². The molecule has 0 bridgehead atoms. The number of phenolic OH excluding ortho intramolecular Hbond substituents is 1. The van der Waals surface area contributed by atoms with E-state index in [2.05, 4.69) is 4.90 Å². The summed E-state index contributed by atoms with van der Waals surface area (Å²) in [6, 6.07) is 12.8. The van der Waals surface area contributed by atoms with Crippen molar-refractivity contribution in [3.63, 3.8) is 0 Å². The topological polar surface area (TPSA) is 53.0 Å². The van der Waals surface area contributed by atoms with Gasteiger partial charge in [0.2, 0.25) is 5.91 Å². The first-order chi connectivity index (χ1) is 13.1. The molecule has 0 unspecified atom stereocenters. The molecule has 0 spiro atoms. The lowest BCUT2D eigenvalue weighted by molar-refractivity contribution is -0.127. The number of rotatable bonds is 5. The van der Waals surface area contributed by atoms with Crippen LogP contribution in [0.2, 0.25) is 5.02 Å². The van der Waals surface area contributed by atoms with E-state index in [0.717, 1.165) is 35.8 Å². The number of amides is 1. The molecule has 1 aliphatic rings. The standard InChI is InChI=1S/C21H23ClN2O3/c1-27-20-14-16(6-8-19(20)25)7-9-21(26)24-12-10-23(11-13-24)15-17-4-2-3-5-18(17)22/h2-9,14,25H,10-13,15H2,1H3/b9-7+. The van der Waals surface area contributed by atoms with Crippen molar-refractivity contribution < 1.29 is 14.6 Å². The quantitative estimate of drug-likeness (QED) is 0.800. The normalized spacial score (nSPS) is 15.3. The SMILES string of the molecule is COc1cc(/C=C/C(=O)N2CCN(Cc3ccccc3Cl)CC2)ccc1O. The summed E-state index contributed by atoms with van der Waals surface area (Å²) >= 11 is 6.23. The zero-order valence-electron chi connectivity index (χ0n) is 15.3. The van der Waals surface area contributed by atoms with Crippen molar-refractivity contribution in [2.24, 2.45) is 0 Å². The van der Waals surface area contributed by atoms with Crippen LogP contribution in [0.25, 0.3) is 6.08 Å². The van der Waals surface area contributed by atoms with Crippen LogP contribution in [-0.4, -0.2) is 54.1 Å². The molecule has 1 saturated heterocycles. The van der Waals surface area contributed by atoms with Crippen molar-refractivity contribution in [2.75, 3.05) is 33.3 Å². The number of halogens is 1.